The molecule has 2 atom stereocenters. The van der Waals surface area contributed by atoms with Crippen LogP contribution >= 0.6 is 0 Å². The van der Waals surface area contributed by atoms with Crippen LogP contribution in [-0.4, -0.2) is 23.4 Å². The first-order chi connectivity index (χ1) is 3.38. The van der Waals surface area contributed by atoms with E-state index in [2.05, 4.69) is 0 Å². The van der Waals surface area contributed by atoms with Gasteiger partial charge in [-0.2, -0.15) is 0 Å². The number of aliphatic hydroxyl groups is 2. The largest absolute Gasteiger partial charge is 0.396 e. The van der Waals surface area contributed by atoms with Crippen LogP contribution in [0, 0.1) is 11.8 Å². The van der Waals surface area contributed by atoms with Crippen LogP contribution in [0.25, 0.3) is 0 Å². The summed E-state index contributed by atoms with van der Waals surface area (Å²) in [6, 6.07) is 0. The summed E-state index contributed by atoms with van der Waals surface area (Å²) in [5.41, 5.74) is 0. The van der Waals surface area contributed by atoms with Gasteiger partial charge in [0.25, 0.3) is 0 Å². The van der Waals surface area contributed by atoms with Gasteiger partial charge in [0, 0.05) is 13.2 Å². The smallest absolute Gasteiger partial charge is 0.0462 e. The Labute approximate surface area is 42.8 Å². The molecule has 42 valence electrons. The van der Waals surface area contributed by atoms with E-state index in [9.17, 15) is 0 Å². The monoisotopic (exact) mass is 102 g/mol. The molecule has 0 radical (unpaired) electrons. The molecule has 0 saturated heterocycles. The Bertz CT molecular complexity index is 55.1. The van der Waals surface area contributed by atoms with E-state index >= 15 is 0 Å². The van der Waals surface area contributed by atoms with E-state index in [4.69, 9.17) is 10.2 Å². The van der Waals surface area contributed by atoms with Crippen LogP contribution in [0.2, 0.25) is 0 Å². The molecule has 0 heterocycles. The predicted octanol–water partition coefficient (Wildman–Crippen LogP) is -0.393. The lowest BCUT2D eigenvalue weighted by Crippen LogP contribution is -1.91. The maximum absolute atomic E-state index is 8.40. The number of rotatable bonds is 2. The summed E-state index contributed by atoms with van der Waals surface area (Å²) < 4.78 is 0. The lowest BCUT2D eigenvalue weighted by molar-refractivity contribution is 0.232. The quantitative estimate of drug-likeness (QED) is 0.498. The maximum Gasteiger partial charge on any atom is 0.0462 e. The second-order valence-electron chi connectivity index (χ2n) is 2.12. The zero-order chi connectivity index (χ0) is 5.28. The van der Waals surface area contributed by atoms with Gasteiger partial charge in [-0.05, 0) is 18.3 Å². The van der Waals surface area contributed by atoms with E-state index in [0.29, 0.717) is 11.8 Å². The molecule has 1 rings (SSSR count). The third-order valence-electron chi connectivity index (χ3n) is 1.54. The van der Waals surface area contributed by atoms with Gasteiger partial charge >= 0.3 is 0 Å². The maximum atomic E-state index is 8.40. The second kappa shape index (κ2) is 1.80. The van der Waals surface area contributed by atoms with Crippen molar-refractivity contribution in [2.24, 2.45) is 11.8 Å². The highest BCUT2D eigenvalue weighted by Crippen LogP contribution is 2.36. The van der Waals surface area contributed by atoms with Crippen molar-refractivity contribution in [2.75, 3.05) is 13.2 Å². The van der Waals surface area contributed by atoms with Crippen molar-refractivity contribution in [3.8, 4) is 0 Å². The van der Waals surface area contributed by atoms with E-state index < -0.39 is 0 Å². The topological polar surface area (TPSA) is 40.5 Å². The van der Waals surface area contributed by atoms with E-state index in [1.54, 1.807) is 0 Å². The van der Waals surface area contributed by atoms with E-state index in [1.165, 1.54) is 0 Å². The van der Waals surface area contributed by atoms with Gasteiger partial charge < -0.3 is 10.2 Å². The van der Waals surface area contributed by atoms with Crippen LogP contribution in [0.5, 0.6) is 0 Å². The molecule has 0 aromatic heterocycles. The van der Waals surface area contributed by atoms with Gasteiger partial charge in [-0.25, -0.2) is 0 Å². The normalized spacial score (nSPS) is 38.6. The van der Waals surface area contributed by atoms with Crippen LogP contribution in [0.3, 0.4) is 0 Å². The van der Waals surface area contributed by atoms with Crippen molar-refractivity contribution in [1.82, 2.24) is 0 Å². The molecule has 0 amide bonds. The van der Waals surface area contributed by atoms with Gasteiger partial charge in [0.2, 0.25) is 0 Å². The van der Waals surface area contributed by atoms with Gasteiger partial charge in [-0.1, -0.05) is 0 Å². The predicted molar refractivity (Wildman–Crippen MR) is 25.8 cm³/mol. The van der Waals surface area contributed by atoms with Crippen molar-refractivity contribution < 1.29 is 10.2 Å². The number of hydrogen-bond donors (Lipinski definition) is 2. The number of aliphatic hydroxyl groups excluding tert-OH is 2. The molecule has 1 aliphatic carbocycles. The van der Waals surface area contributed by atoms with Gasteiger partial charge in [-0.3, -0.25) is 0 Å². The summed E-state index contributed by atoms with van der Waals surface area (Å²) in [6.07, 6.45) is 1.02. The Morgan fingerprint density at radius 3 is 1.71 bits per heavy atom. The Morgan fingerprint density at radius 1 is 1.14 bits per heavy atom. The molecular formula is C5H10O2. The van der Waals surface area contributed by atoms with Crippen molar-refractivity contribution in [3.63, 3.8) is 0 Å². The molecule has 1 aliphatic rings. The molecule has 0 aromatic carbocycles. The highest BCUT2D eigenvalue weighted by Gasteiger charge is 2.35. The molecule has 0 spiro atoms. The molecule has 2 N–H and O–H groups in total. The summed E-state index contributed by atoms with van der Waals surface area (Å²) in [4.78, 5) is 0. The van der Waals surface area contributed by atoms with E-state index in [-0.39, 0.29) is 13.2 Å². The highest BCUT2D eigenvalue weighted by molar-refractivity contribution is 4.84. The number of hydrogen-bond acceptors (Lipinski definition) is 2. The van der Waals surface area contributed by atoms with Crippen LogP contribution in [0.4, 0.5) is 0 Å². The molecular weight excluding hydrogens is 92.1 g/mol. The fraction of sp³-hybridized carbons (Fsp3) is 1.00. The first-order valence-corrected chi connectivity index (χ1v) is 2.60. The zero-order valence-corrected chi connectivity index (χ0v) is 4.17. The summed E-state index contributed by atoms with van der Waals surface area (Å²) in [7, 11) is 0. The van der Waals surface area contributed by atoms with Crippen LogP contribution in [0.15, 0.2) is 0 Å². The SMILES string of the molecule is OCC1C[C@H]1CO. The third kappa shape index (κ3) is 0.924. The lowest BCUT2D eigenvalue weighted by atomic mass is 10.3. The summed E-state index contributed by atoms with van der Waals surface area (Å²) >= 11 is 0. The van der Waals surface area contributed by atoms with Crippen LogP contribution in [-0.2, 0) is 0 Å². The molecule has 0 bridgehead atoms. The fourth-order valence-corrected chi connectivity index (χ4v) is 0.758. The molecule has 1 fully saturated rings. The Balaban J connectivity index is 2.06. The van der Waals surface area contributed by atoms with Crippen molar-refractivity contribution in [3.05, 3.63) is 0 Å². The van der Waals surface area contributed by atoms with Crippen molar-refractivity contribution in [1.29, 1.82) is 0 Å². The van der Waals surface area contributed by atoms with Gasteiger partial charge in [0.05, 0.1) is 0 Å². The molecule has 2 heteroatoms. The van der Waals surface area contributed by atoms with Gasteiger partial charge in [0.1, 0.15) is 0 Å². The van der Waals surface area contributed by atoms with E-state index in [0.717, 1.165) is 6.42 Å². The zero-order valence-electron chi connectivity index (χ0n) is 4.17. The molecule has 2 nitrogen and oxygen atoms in total. The van der Waals surface area contributed by atoms with Gasteiger partial charge in [-0.15, -0.1) is 0 Å². The molecule has 0 aliphatic heterocycles. The fourth-order valence-electron chi connectivity index (χ4n) is 0.758. The van der Waals surface area contributed by atoms with Crippen molar-refractivity contribution in [2.45, 2.75) is 6.42 Å². The minimum absolute atomic E-state index is 0.255. The van der Waals surface area contributed by atoms with E-state index in [1.807, 2.05) is 0 Å². The third-order valence-corrected chi connectivity index (χ3v) is 1.54. The van der Waals surface area contributed by atoms with Crippen LogP contribution < -0.4 is 0 Å². The molecule has 0 aromatic rings. The minimum Gasteiger partial charge on any atom is -0.396 e. The minimum atomic E-state index is 0.255. The molecule has 1 saturated carbocycles. The average molecular weight is 102 g/mol. The summed E-state index contributed by atoms with van der Waals surface area (Å²) in [5, 5.41) is 16.8. The average Bonchev–Trinajstić information content (AvgIpc) is 2.43. The molecule has 7 heavy (non-hydrogen) atoms. The first kappa shape index (κ1) is 5.06. The standard InChI is InChI=1S/C5H10O2/c6-2-4-1-5(4)3-7/h4-7H,1-3H2/t4-,5?/m0/s1. The first-order valence-electron chi connectivity index (χ1n) is 2.60. The Morgan fingerprint density at radius 2 is 1.57 bits per heavy atom. The summed E-state index contributed by atoms with van der Waals surface area (Å²) in [5.74, 6) is 0.843. The lowest BCUT2D eigenvalue weighted by Gasteiger charge is -1.84. The highest BCUT2D eigenvalue weighted by atomic mass is 16.3. The van der Waals surface area contributed by atoms with Crippen molar-refractivity contribution >= 4 is 0 Å². The van der Waals surface area contributed by atoms with Gasteiger partial charge in [0.15, 0.2) is 0 Å². The molecule has 1 unspecified atom stereocenters. The summed E-state index contributed by atoms with van der Waals surface area (Å²) in [6.45, 7) is 0.510. The second-order valence-corrected chi connectivity index (χ2v) is 2.12. The van der Waals surface area contributed by atoms with Crippen LogP contribution in [0.1, 0.15) is 6.42 Å². The Kier molecular flexibility index (Phi) is 1.30. The Hall–Kier alpha value is -0.0800.